The zero-order valence-electron chi connectivity index (χ0n) is 11.8. The largest absolute Gasteiger partial charge is 0.425 e. The van der Waals surface area contributed by atoms with Crippen LogP contribution in [0.4, 0.5) is 5.69 Å². The summed E-state index contributed by atoms with van der Waals surface area (Å²) in [4.78, 5) is 28.1. The summed E-state index contributed by atoms with van der Waals surface area (Å²) in [6, 6.07) is 8.80. The molecule has 0 atom stereocenters. The molecule has 2 aromatic heterocycles. The summed E-state index contributed by atoms with van der Waals surface area (Å²) in [5, 5.41) is 17.8. The first kappa shape index (κ1) is 13.7. The Labute approximate surface area is 123 Å². The molecule has 0 fully saturated rings. The van der Waals surface area contributed by atoms with Crippen molar-refractivity contribution in [3.63, 3.8) is 0 Å². The highest BCUT2D eigenvalue weighted by Gasteiger charge is 2.14. The van der Waals surface area contributed by atoms with Crippen molar-refractivity contribution in [1.29, 1.82) is 0 Å². The van der Waals surface area contributed by atoms with E-state index in [0.29, 0.717) is 10.4 Å². The highest BCUT2D eigenvalue weighted by molar-refractivity contribution is 5.67. The smallest absolute Gasteiger partial charge is 0.332 e. The van der Waals surface area contributed by atoms with E-state index in [4.69, 9.17) is 0 Å². The maximum absolute atomic E-state index is 12.2. The molecule has 0 saturated heterocycles. The Bertz CT molecular complexity index is 1050. The third kappa shape index (κ3) is 1.99. The van der Waals surface area contributed by atoms with Crippen LogP contribution in [0.5, 0.6) is 0 Å². The molecule has 0 radical (unpaired) electrons. The van der Waals surface area contributed by atoms with Crippen LogP contribution in [-0.4, -0.2) is 29.3 Å². The second-order valence-electron chi connectivity index (χ2n) is 4.64. The van der Waals surface area contributed by atoms with E-state index in [2.05, 4.69) is 15.2 Å². The average Bonchev–Trinajstić information content (AvgIpc) is 2.53. The molecule has 0 aliphatic carbocycles. The monoisotopic (exact) mass is 300 g/mol. The third-order valence-electron chi connectivity index (χ3n) is 3.23. The lowest BCUT2D eigenvalue weighted by Crippen LogP contribution is -2.41. The Morgan fingerprint density at radius 2 is 1.73 bits per heavy atom. The van der Waals surface area contributed by atoms with Gasteiger partial charge in [0.1, 0.15) is 0 Å². The molecule has 22 heavy (non-hydrogen) atoms. The Kier molecular flexibility index (Phi) is 3.09. The van der Waals surface area contributed by atoms with Gasteiger partial charge in [-0.25, -0.2) is 9.79 Å². The van der Waals surface area contributed by atoms with Crippen LogP contribution >= 0.6 is 0 Å². The number of hydrogen-bond acceptors (Lipinski definition) is 6. The van der Waals surface area contributed by atoms with Crippen LogP contribution in [0.2, 0.25) is 0 Å². The molecule has 1 aromatic carbocycles. The first-order valence-corrected chi connectivity index (χ1v) is 6.35. The molecule has 2 heterocycles. The minimum atomic E-state index is -0.681. The van der Waals surface area contributed by atoms with Gasteiger partial charge in [0.25, 0.3) is 11.2 Å². The summed E-state index contributed by atoms with van der Waals surface area (Å²) in [5.74, 6) is 0. The summed E-state index contributed by atoms with van der Waals surface area (Å²) in [5.41, 5.74) is -1.05. The van der Waals surface area contributed by atoms with Gasteiger partial charge in [-0.3, -0.25) is 13.9 Å². The van der Waals surface area contributed by atoms with E-state index in [1.807, 2.05) is 6.07 Å². The standard InChI is InChI=1S/C13H12N6O3/c1-17-10-9(11(20)18(2)13(17)21)19(22)12(16-15-10)14-8-6-4-3-5-7-8/h3-7,22H,1-2H3. The van der Waals surface area contributed by atoms with Crippen LogP contribution in [0.25, 0.3) is 11.2 Å². The fourth-order valence-electron chi connectivity index (χ4n) is 2.04. The van der Waals surface area contributed by atoms with Crippen molar-refractivity contribution in [2.45, 2.75) is 0 Å². The van der Waals surface area contributed by atoms with Gasteiger partial charge in [0.2, 0.25) is 0 Å². The number of hydrogen-bond donors (Lipinski definition) is 1. The third-order valence-corrected chi connectivity index (χ3v) is 3.23. The van der Waals surface area contributed by atoms with Gasteiger partial charge in [0.05, 0.1) is 5.69 Å². The summed E-state index contributed by atoms with van der Waals surface area (Å²) < 4.78 is 2.54. The van der Waals surface area contributed by atoms with E-state index >= 15 is 0 Å². The molecule has 3 aromatic rings. The van der Waals surface area contributed by atoms with Gasteiger partial charge in [0, 0.05) is 14.1 Å². The minimum Gasteiger partial charge on any atom is -0.425 e. The van der Waals surface area contributed by atoms with Crippen molar-refractivity contribution < 1.29 is 5.21 Å². The Hall–Kier alpha value is -3.23. The molecule has 0 amide bonds. The van der Waals surface area contributed by atoms with Crippen LogP contribution in [0.3, 0.4) is 0 Å². The van der Waals surface area contributed by atoms with Crippen LogP contribution < -0.4 is 16.9 Å². The van der Waals surface area contributed by atoms with Crippen molar-refractivity contribution in [3.8, 4) is 0 Å². The number of fused-ring (bicyclic) bond motifs is 1. The van der Waals surface area contributed by atoms with Crippen molar-refractivity contribution in [3.05, 3.63) is 56.8 Å². The van der Waals surface area contributed by atoms with Gasteiger partial charge in [-0.05, 0) is 12.1 Å². The highest BCUT2D eigenvalue weighted by atomic mass is 16.5. The first-order valence-electron chi connectivity index (χ1n) is 6.35. The SMILES string of the molecule is Cn1c(=O)c2c(nnc(=Nc3ccccc3)n2O)n(C)c1=O. The van der Waals surface area contributed by atoms with Crippen LogP contribution in [-0.2, 0) is 14.1 Å². The predicted molar refractivity (Wildman–Crippen MR) is 76.9 cm³/mol. The average molecular weight is 300 g/mol. The molecule has 0 unspecified atom stereocenters. The summed E-state index contributed by atoms with van der Waals surface area (Å²) >= 11 is 0. The summed E-state index contributed by atoms with van der Waals surface area (Å²) in [7, 11) is 2.76. The van der Waals surface area contributed by atoms with E-state index in [1.165, 1.54) is 14.1 Å². The molecule has 9 heteroatoms. The Balaban J connectivity index is 2.44. The molecule has 0 aliphatic rings. The van der Waals surface area contributed by atoms with Gasteiger partial charge in [-0.15, -0.1) is 14.9 Å². The molecule has 0 aliphatic heterocycles. The Morgan fingerprint density at radius 1 is 1.05 bits per heavy atom. The number of para-hydroxylation sites is 1. The van der Waals surface area contributed by atoms with Gasteiger partial charge in [-0.1, -0.05) is 18.2 Å². The topological polar surface area (TPSA) is 107 Å². The van der Waals surface area contributed by atoms with E-state index in [9.17, 15) is 14.8 Å². The van der Waals surface area contributed by atoms with Gasteiger partial charge in [0.15, 0.2) is 11.2 Å². The minimum absolute atomic E-state index is 0.0254. The second-order valence-corrected chi connectivity index (χ2v) is 4.64. The molecule has 1 N–H and O–H groups in total. The fraction of sp³-hybridized carbons (Fsp3) is 0.154. The first-order chi connectivity index (χ1) is 10.5. The second kappa shape index (κ2) is 4.95. The lowest BCUT2D eigenvalue weighted by Gasteiger charge is -2.07. The molecule has 0 bridgehead atoms. The van der Waals surface area contributed by atoms with E-state index < -0.39 is 11.2 Å². The molecular weight excluding hydrogens is 288 g/mol. The molecule has 0 saturated carbocycles. The maximum atomic E-state index is 12.2. The van der Waals surface area contributed by atoms with E-state index in [-0.39, 0.29) is 16.8 Å². The fourth-order valence-corrected chi connectivity index (χ4v) is 2.04. The zero-order chi connectivity index (χ0) is 15.9. The van der Waals surface area contributed by atoms with Crippen LogP contribution in [0.1, 0.15) is 0 Å². The van der Waals surface area contributed by atoms with Crippen molar-refractivity contribution in [2.24, 2.45) is 19.1 Å². The number of aromatic nitrogens is 5. The van der Waals surface area contributed by atoms with E-state index in [1.54, 1.807) is 24.3 Å². The molecular formula is C13H12N6O3. The van der Waals surface area contributed by atoms with Crippen molar-refractivity contribution in [2.75, 3.05) is 0 Å². The van der Waals surface area contributed by atoms with Crippen molar-refractivity contribution in [1.82, 2.24) is 24.1 Å². The maximum Gasteiger partial charge on any atom is 0.332 e. The van der Waals surface area contributed by atoms with Gasteiger partial charge in [-0.2, -0.15) is 0 Å². The zero-order valence-corrected chi connectivity index (χ0v) is 11.8. The Morgan fingerprint density at radius 3 is 2.41 bits per heavy atom. The molecule has 9 nitrogen and oxygen atoms in total. The summed E-state index contributed by atoms with van der Waals surface area (Å²) in [6.07, 6.45) is 0. The number of nitrogens with zero attached hydrogens (tertiary/aromatic N) is 6. The predicted octanol–water partition coefficient (Wildman–Crippen LogP) is -0.702. The number of aryl methyl sites for hydroxylation is 1. The van der Waals surface area contributed by atoms with Gasteiger partial charge >= 0.3 is 5.69 Å². The number of benzene rings is 1. The quantitative estimate of drug-likeness (QED) is 0.598. The molecule has 3 rings (SSSR count). The van der Waals surface area contributed by atoms with E-state index in [0.717, 1.165) is 9.13 Å². The number of rotatable bonds is 1. The van der Waals surface area contributed by atoms with Crippen LogP contribution in [0.15, 0.2) is 44.9 Å². The molecule has 112 valence electrons. The van der Waals surface area contributed by atoms with Crippen molar-refractivity contribution >= 4 is 16.9 Å². The van der Waals surface area contributed by atoms with Gasteiger partial charge < -0.3 is 5.21 Å². The lowest BCUT2D eigenvalue weighted by atomic mass is 10.3. The van der Waals surface area contributed by atoms with Crippen LogP contribution in [0, 0.1) is 0 Å². The molecule has 0 spiro atoms. The summed E-state index contributed by atoms with van der Waals surface area (Å²) in [6.45, 7) is 0. The highest BCUT2D eigenvalue weighted by Crippen LogP contribution is 2.07. The lowest BCUT2D eigenvalue weighted by molar-refractivity contribution is 0.178. The normalized spacial score (nSPS) is 12.0.